The first kappa shape index (κ1) is 15.8. The summed E-state index contributed by atoms with van der Waals surface area (Å²) in [5, 5.41) is 6.24. The average molecular weight is 368 g/mol. The molecule has 2 fully saturated rings. The van der Waals surface area contributed by atoms with Gasteiger partial charge < -0.3 is 20.3 Å². The molecule has 0 aromatic heterocycles. The van der Waals surface area contributed by atoms with Crippen LogP contribution in [0.3, 0.4) is 0 Å². The number of morpholine rings is 1. The first-order valence-corrected chi connectivity index (χ1v) is 8.61. The van der Waals surface area contributed by atoms with Crippen molar-refractivity contribution < 1.29 is 9.53 Å². The van der Waals surface area contributed by atoms with Crippen LogP contribution in [0.5, 0.6) is 0 Å². The van der Waals surface area contributed by atoms with Crippen molar-refractivity contribution in [1.82, 2.24) is 10.6 Å². The Morgan fingerprint density at radius 3 is 2.95 bits per heavy atom. The number of anilines is 1. The number of amides is 1. The van der Waals surface area contributed by atoms with Crippen molar-refractivity contribution in [2.75, 3.05) is 44.3 Å². The van der Waals surface area contributed by atoms with E-state index in [1.54, 1.807) is 0 Å². The van der Waals surface area contributed by atoms with Crippen LogP contribution >= 0.6 is 15.9 Å². The van der Waals surface area contributed by atoms with Crippen LogP contribution in [-0.2, 0) is 9.53 Å². The van der Waals surface area contributed by atoms with E-state index >= 15 is 0 Å². The van der Waals surface area contributed by atoms with Gasteiger partial charge in [0.25, 0.3) is 0 Å². The summed E-state index contributed by atoms with van der Waals surface area (Å²) < 4.78 is 6.42. The zero-order chi connectivity index (χ0) is 15.4. The number of hydrogen-bond acceptors (Lipinski definition) is 4. The van der Waals surface area contributed by atoms with Crippen LogP contribution in [0, 0.1) is 5.92 Å². The van der Waals surface area contributed by atoms with E-state index in [9.17, 15) is 4.79 Å². The van der Waals surface area contributed by atoms with E-state index in [4.69, 9.17) is 4.74 Å². The molecule has 0 aliphatic carbocycles. The molecule has 2 unspecified atom stereocenters. The Labute approximate surface area is 139 Å². The fraction of sp³-hybridized carbons (Fsp3) is 0.562. The van der Waals surface area contributed by atoms with Gasteiger partial charge in [-0.3, -0.25) is 4.79 Å². The standard InChI is InChI=1S/C16H22BrN3O2/c17-13-1-3-14(4-2-13)20-7-5-12(10-20)9-19-16(21)15-11-22-8-6-18-15/h1-4,12,15,18H,5-11H2,(H,19,21). The fourth-order valence-electron chi connectivity index (χ4n) is 2.99. The fourth-order valence-corrected chi connectivity index (χ4v) is 3.25. The minimum Gasteiger partial charge on any atom is -0.378 e. The van der Waals surface area contributed by atoms with Gasteiger partial charge in [0, 0.05) is 36.3 Å². The largest absolute Gasteiger partial charge is 0.378 e. The molecule has 6 heteroatoms. The van der Waals surface area contributed by atoms with Crippen molar-refractivity contribution in [3.63, 3.8) is 0 Å². The summed E-state index contributed by atoms with van der Waals surface area (Å²) in [6.45, 7) is 4.70. The van der Waals surface area contributed by atoms with E-state index in [-0.39, 0.29) is 11.9 Å². The predicted octanol–water partition coefficient (Wildman–Crippen LogP) is 1.38. The summed E-state index contributed by atoms with van der Waals surface area (Å²) in [5.74, 6) is 0.568. The monoisotopic (exact) mass is 367 g/mol. The molecule has 2 atom stereocenters. The molecule has 2 aliphatic heterocycles. The summed E-state index contributed by atoms with van der Waals surface area (Å²) in [7, 11) is 0. The summed E-state index contributed by atoms with van der Waals surface area (Å²) in [6.07, 6.45) is 1.12. The highest BCUT2D eigenvalue weighted by Gasteiger charge is 2.25. The maximum atomic E-state index is 12.1. The van der Waals surface area contributed by atoms with E-state index in [0.717, 1.165) is 37.1 Å². The molecule has 3 rings (SSSR count). The third-order valence-electron chi connectivity index (χ3n) is 4.28. The lowest BCUT2D eigenvalue weighted by Gasteiger charge is -2.24. The zero-order valence-corrected chi connectivity index (χ0v) is 14.1. The van der Waals surface area contributed by atoms with Crippen molar-refractivity contribution >= 4 is 27.5 Å². The molecule has 2 N–H and O–H groups in total. The van der Waals surface area contributed by atoms with E-state index in [0.29, 0.717) is 19.1 Å². The highest BCUT2D eigenvalue weighted by Crippen LogP contribution is 2.24. The second-order valence-electron chi connectivity index (χ2n) is 5.90. The minimum absolute atomic E-state index is 0.0572. The summed E-state index contributed by atoms with van der Waals surface area (Å²) >= 11 is 3.46. The lowest BCUT2D eigenvalue weighted by molar-refractivity contribution is -0.126. The molecular weight excluding hydrogens is 346 g/mol. The number of ether oxygens (including phenoxy) is 1. The summed E-state index contributed by atoms with van der Waals surface area (Å²) in [6, 6.07) is 8.21. The van der Waals surface area contributed by atoms with Crippen LogP contribution in [0.2, 0.25) is 0 Å². The maximum Gasteiger partial charge on any atom is 0.239 e. The molecule has 0 bridgehead atoms. The predicted molar refractivity (Wildman–Crippen MR) is 90.1 cm³/mol. The van der Waals surface area contributed by atoms with E-state index in [1.807, 2.05) is 0 Å². The molecule has 120 valence electrons. The Balaban J connectivity index is 1.44. The second-order valence-corrected chi connectivity index (χ2v) is 6.82. The number of benzene rings is 1. The molecule has 1 amide bonds. The third kappa shape index (κ3) is 4.00. The highest BCUT2D eigenvalue weighted by atomic mass is 79.9. The Morgan fingerprint density at radius 1 is 1.41 bits per heavy atom. The van der Waals surface area contributed by atoms with Crippen molar-refractivity contribution in [2.24, 2.45) is 5.92 Å². The van der Waals surface area contributed by atoms with Gasteiger partial charge in [0.1, 0.15) is 6.04 Å². The molecule has 0 saturated carbocycles. The molecule has 2 saturated heterocycles. The third-order valence-corrected chi connectivity index (χ3v) is 4.81. The first-order valence-electron chi connectivity index (χ1n) is 7.82. The minimum atomic E-state index is -0.197. The highest BCUT2D eigenvalue weighted by molar-refractivity contribution is 9.10. The van der Waals surface area contributed by atoms with Crippen LogP contribution in [0.15, 0.2) is 28.7 Å². The van der Waals surface area contributed by atoms with Gasteiger partial charge in [0.15, 0.2) is 0 Å². The normalized spacial score (nSPS) is 25.2. The van der Waals surface area contributed by atoms with Gasteiger partial charge in [-0.25, -0.2) is 0 Å². The Morgan fingerprint density at radius 2 is 2.23 bits per heavy atom. The van der Waals surface area contributed by atoms with E-state index in [1.165, 1.54) is 5.69 Å². The summed E-state index contributed by atoms with van der Waals surface area (Å²) in [5.41, 5.74) is 1.25. The molecule has 2 aliphatic rings. The van der Waals surface area contributed by atoms with E-state index in [2.05, 4.69) is 55.7 Å². The zero-order valence-electron chi connectivity index (χ0n) is 12.6. The Bertz CT molecular complexity index is 503. The number of hydrogen-bond donors (Lipinski definition) is 2. The second kappa shape index (κ2) is 7.44. The van der Waals surface area contributed by atoms with Gasteiger partial charge >= 0.3 is 0 Å². The van der Waals surface area contributed by atoms with Gasteiger partial charge in [-0.05, 0) is 36.6 Å². The van der Waals surface area contributed by atoms with Crippen LogP contribution < -0.4 is 15.5 Å². The Kier molecular flexibility index (Phi) is 5.33. The molecule has 0 spiro atoms. The Hall–Kier alpha value is -1.11. The lowest BCUT2D eigenvalue weighted by Crippen LogP contribution is -2.52. The molecule has 2 heterocycles. The first-order chi connectivity index (χ1) is 10.7. The van der Waals surface area contributed by atoms with Crippen LogP contribution in [0.25, 0.3) is 0 Å². The number of carbonyl (C=O) groups excluding carboxylic acids is 1. The van der Waals surface area contributed by atoms with Crippen LogP contribution in [-0.4, -0.2) is 51.3 Å². The molecule has 1 aromatic carbocycles. The molecule has 22 heavy (non-hydrogen) atoms. The van der Waals surface area contributed by atoms with Gasteiger partial charge in [0.2, 0.25) is 5.91 Å². The molecule has 5 nitrogen and oxygen atoms in total. The smallest absolute Gasteiger partial charge is 0.239 e. The van der Waals surface area contributed by atoms with Gasteiger partial charge in [-0.1, -0.05) is 15.9 Å². The number of rotatable bonds is 4. The molecular formula is C16H22BrN3O2. The van der Waals surface area contributed by atoms with Crippen molar-refractivity contribution in [1.29, 1.82) is 0 Å². The van der Waals surface area contributed by atoms with Crippen LogP contribution in [0.4, 0.5) is 5.69 Å². The van der Waals surface area contributed by atoms with Crippen molar-refractivity contribution in [3.8, 4) is 0 Å². The quantitative estimate of drug-likeness (QED) is 0.843. The van der Waals surface area contributed by atoms with Crippen molar-refractivity contribution in [3.05, 3.63) is 28.7 Å². The topological polar surface area (TPSA) is 53.6 Å². The number of nitrogens with zero attached hydrogens (tertiary/aromatic N) is 1. The lowest BCUT2D eigenvalue weighted by atomic mass is 10.1. The van der Waals surface area contributed by atoms with Crippen LogP contribution in [0.1, 0.15) is 6.42 Å². The number of carbonyl (C=O) groups is 1. The maximum absolute atomic E-state index is 12.1. The summed E-state index contributed by atoms with van der Waals surface area (Å²) in [4.78, 5) is 14.5. The van der Waals surface area contributed by atoms with Gasteiger partial charge in [0.05, 0.1) is 13.2 Å². The number of nitrogens with one attached hydrogen (secondary N) is 2. The number of halogens is 1. The van der Waals surface area contributed by atoms with Gasteiger partial charge in [-0.15, -0.1) is 0 Å². The van der Waals surface area contributed by atoms with Crippen molar-refractivity contribution in [2.45, 2.75) is 12.5 Å². The van der Waals surface area contributed by atoms with E-state index < -0.39 is 0 Å². The average Bonchev–Trinajstić information content (AvgIpc) is 3.03. The SMILES string of the molecule is O=C(NCC1CCN(c2ccc(Br)cc2)C1)C1COCCN1. The molecule has 1 aromatic rings. The van der Waals surface area contributed by atoms with Gasteiger partial charge in [-0.2, -0.15) is 0 Å². The molecule has 0 radical (unpaired) electrons.